The van der Waals surface area contributed by atoms with Gasteiger partial charge in [-0.1, -0.05) is 0 Å². The van der Waals surface area contributed by atoms with Crippen molar-refractivity contribution in [1.82, 2.24) is 10.6 Å². The first kappa shape index (κ1) is 16.7. The van der Waals surface area contributed by atoms with E-state index in [0.717, 1.165) is 19.4 Å². The molecule has 0 aliphatic rings. The smallest absolute Gasteiger partial charge is 0.408 e. The number of unbranched alkanes of at least 4 members (excludes halogenated alkanes) is 1. The van der Waals surface area contributed by atoms with Crippen LogP contribution in [0.4, 0.5) is 4.79 Å². The maximum absolute atomic E-state index is 11.6. The van der Waals surface area contributed by atoms with E-state index >= 15 is 0 Å². The number of hydrogen-bond donors (Lipinski definition) is 3. The Kier molecular flexibility index (Phi) is 7.35. The Morgan fingerprint density at radius 1 is 1.28 bits per heavy atom. The zero-order chi connectivity index (χ0) is 14.2. The summed E-state index contributed by atoms with van der Waals surface area (Å²) in [6.07, 6.45) is 1.81. The van der Waals surface area contributed by atoms with Gasteiger partial charge < -0.3 is 21.1 Å². The van der Waals surface area contributed by atoms with Gasteiger partial charge in [0.15, 0.2) is 0 Å². The van der Waals surface area contributed by atoms with E-state index in [1.807, 2.05) is 0 Å². The van der Waals surface area contributed by atoms with Gasteiger partial charge in [0.05, 0.1) is 6.54 Å². The number of nitrogens with one attached hydrogen (secondary N) is 2. The summed E-state index contributed by atoms with van der Waals surface area (Å²) in [4.78, 5) is 23.2. The molecule has 0 bridgehead atoms. The number of ether oxygens (including phenoxy) is 1. The molecule has 0 saturated heterocycles. The van der Waals surface area contributed by atoms with Crippen LogP contribution >= 0.6 is 0 Å². The molecule has 0 aromatic rings. The summed E-state index contributed by atoms with van der Waals surface area (Å²) < 4.78 is 5.13. The summed E-state index contributed by atoms with van der Waals surface area (Å²) in [5.74, 6) is -0.204. The first-order chi connectivity index (χ1) is 8.30. The Balaban J connectivity index is 4.31. The molecule has 1 atom stereocenters. The van der Waals surface area contributed by atoms with Crippen LogP contribution in [0.2, 0.25) is 0 Å². The zero-order valence-electron chi connectivity index (χ0n) is 11.8. The van der Waals surface area contributed by atoms with Crippen molar-refractivity contribution < 1.29 is 20.1 Å². The van der Waals surface area contributed by atoms with Gasteiger partial charge in [-0.15, -0.1) is 0 Å². The van der Waals surface area contributed by atoms with Gasteiger partial charge >= 0.3 is 6.09 Å². The molecule has 0 aliphatic heterocycles. The molecule has 5 N–H and O–H groups in total. The summed E-state index contributed by atoms with van der Waals surface area (Å²) in [5.41, 5.74) is 3.18. The highest BCUT2D eigenvalue weighted by molar-refractivity contribution is 5.85. The van der Waals surface area contributed by atoms with Crippen molar-refractivity contribution in [1.29, 1.82) is 0 Å². The van der Waals surface area contributed by atoms with Crippen molar-refractivity contribution in [2.24, 2.45) is 0 Å². The molecular formula is C12H26N3O3+. The van der Waals surface area contributed by atoms with Crippen molar-refractivity contribution in [2.45, 2.75) is 51.7 Å². The van der Waals surface area contributed by atoms with Gasteiger partial charge in [0.1, 0.15) is 11.6 Å². The first-order valence-corrected chi connectivity index (χ1v) is 6.30. The van der Waals surface area contributed by atoms with Crippen molar-refractivity contribution in [2.75, 3.05) is 13.6 Å². The van der Waals surface area contributed by atoms with Gasteiger partial charge in [0, 0.05) is 7.05 Å². The van der Waals surface area contributed by atoms with Crippen LogP contribution < -0.4 is 16.4 Å². The molecule has 0 fully saturated rings. The number of quaternary nitrogens is 1. The molecule has 0 radical (unpaired) electrons. The van der Waals surface area contributed by atoms with Gasteiger partial charge in [-0.3, -0.25) is 4.79 Å². The quantitative estimate of drug-likeness (QED) is 0.588. The number of hydrogen-bond acceptors (Lipinski definition) is 3. The van der Waals surface area contributed by atoms with Crippen molar-refractivity contribution in [3.8, 4) is 0 Å². The average molecular weight is 260 g/mol. The third-order valence-electron chi connectivity index (χ3n) is 2.25. The van der Waals surface area contributed by atoms with E-state index in [4.69, 9.17) is 4.74 Å². The lowest BCUT2D eigenvalue weighted by Crippen LogP contribution is -2.50. The number of carbonyl (C=O) groups is 2. The molecular weight excluding hydrogens is 234 g/mol. The third-order valence-corrected chi connectivity index (χ3v) is 2.25. The van der Waals surface area contributed by atoms with Gasteiger partial charge in [-0.05, 0) is 40.0 Å². The molecule has 0 aromatic carbocycles. The van der Waals surface area contributed by atoms with E-state index in [2.05, 4.69) is 16.4 Å². The highest BCUT2D eigenvalue weighted by atomic mass is 16.6. The minimum absolute atomic E-state index is 0.204. The molecule has 6 nitrogen and oxygen atoms in total. The van der Waals surface area contributed by atoms with Crippen LogP contribution in [0.15, 0.2) is 0 Å². The number of alkyl carbamates (subject to hydrolysis) is 1. The summed E-state index contributed by atoms with van der Waals surface area (Å²) >= 11 is 0. The van der Waals surface area contributed by atoms with Gasteiger partial charge in [0.2, 0.25) is 5.91 Å². The molecule has 0 spiro atoms. The Morgan fingerprint density at radius 2 is 1.89 bits per heavy atom. The van der Waals surface area contributed by atoms with Crippen molar-refractivity contribution in [3.05, 3.63) is 0 Å². The molecule has 106 valence electrons. The molecule has 0 rings (SSSR count). The minimum Gasteiger partial charge on any atom is -0.444 e. The number of amides is 2. The SMILES string of the molecule is CNC(=O)C(CCCC[NH3+])NC(=O)OC(C)(C)C. The fraction of sp³-hybridized carbons (Fsp3) is 0.833. The fourth-order valence-corrected chi connectivity index (χ4v) is 1.42. The van der Waals surface area contributed by atoms with Crippen LogP contribution in [-0.4, -0.2) is 37.2 Å². The van der Waals surface area contributed by atoms with Crippen LogP contribution in [0.3, 0.4) is 0 Å². The zero-order valence-corrected chi connectivity index (χ0v) is 11.8. The van der Waals surface area contributed by atoms with Crippen LogP contribution in [0, 0.1) is 0 Å². The minimum atomic E-state index is -0.565. The lowest BCUT2D eigenvalue weighted by Gasteiger charge is -2.22. The lowest BCUT2D eigenvalue weighted by atomic mass is 10.1. The second-order valence-electron chi connectivity index (χ2n) is 5.16. The molecule has 2 amide bonds. The third kappa shape index (κ3) is 7.89. The number of likely N-dealkylation sites (N-methyl/N-ethyl adjacent to an activating group) is 1. The van der Waals surface area contributed by atoms with E-state index < -0.39 is 17.7 Å². The maximum Gasteiger partial charge on any atom is 0.408 e. The normalized spacial score (nSPS) is 12.7. The fourth-order valence-electron chi connectivity index (χ4n) is 1.42. The Labute approximate surface area is 109 Å². The van der Waals surface area contributed by atoms with Crippen LogP contribution in [0.25, 0.3) is 0 Å². The highest BCUT2D eigenvalue weighted by Gasteiger charge is 2.23. The monoisotopic (exact) mass is 260 g/mol. The number of carbonyl (C=O) groups excluding carboxylic acids is 2. The standard InChI is InChI=1S/C12H25N3O3/c1-12(2,3)18-11(17)15-9(10(16)14-4)7-5-6-8-13/h9H,5-8,13H2,1-4H3,(H,14,16)(H,15,17)/p+1. The molecule has 0 saturated carbocycles. The Morgan fingerprint density at radius 3 is 2.33 bits per heavy atom. The van der Waals surface area contributed by atoms with E-state index in [9.17, 15) is 9.59 Å². The van der Waals surface area contributed by atoms with E-state index in [-0.39, 0.29) is 5.91 Å². The van der Waals surface area contributed by atoms with Gasteiger partial charge in [0.25, 0.3) is 0 Å². The Hall–Kier alpha value is -1.30. The van der Waals surface area contributed by atoms with Crippen LogP contribution in [-0.2, 0) is 9.53 Å². The molecule has 0 heterocycles. The predicted octanol–water partition coefficient (Wildman–Crippen LogP) is 0.0379. The first-order valence-electron chi connectivity index (χ1n) is 6.30. The summed E-state index contributed by atoms with van der Waals surface area (Å²) in [7, 11) is 1.55. The predicted molar refractivity (Wildman–Crippen MR) is 68.8 cm³/mol. The summed E-state index contributed by atoms with van der Waals surface area (Å²) in [6, 6.07) is -0.545. The lowest BCUT2D eigenvalue weighted by molar-refractivity contribution is -0.368. The van der Waals surface area contributed by atoms with E-state index in [0.29, 0.717) is 6.42 Å². The molecule has 0 aliphatic carbocycles. The second kappa shape index (κ2) is 7.92. The van der Waals surface area contributed by atoms with Gasteiger partial charge in [-0.2, -0.15) is 0 Å². The van der Waals surface area contributed by atoms with Crippen molar-refractivity contribution in [3.63, 3.8) is 0 Å². The molecule has 0 aromatic heterocycles. The van der Waals surface area contributed by atoms with Crippen LogP contribution in [0.1, 0.15) is 40.0 Å². The summed E-state index contributed by atoms with van der Waals surface area (Å²) in [5, 5.41) is 5.12. The van der Waals surface area contributed by atoms with E-state index in [1.165, 1.54) is 0 Å². The van der Waals surface area contributed by atoms with E-state index in [1.54, 1.807) is 27.8 Å². The maximum atomic E-state index is 11.6. The molecule has 18 heavy (non-hydrogen) atoms. The molecule has 1 unspecified atom stereocenters. The Bertz CT molecular complexity index is 274. The largest absolute Gasteiger partial charge is 0.444 e. The highest BCUT2D eigenvalue weighted by Crippen LogP contribution is 2.08. The van der Waals surface area contributed by atoms with Crippen molar-refractivity contribution >= 4 is 12.0 Å². The summed E-state index contributed by atoms with van der Waals surface area (Å²) in [6.45, 7) is 6.17. The average Bonchev–Trinajstić information content (AvgIpc) is 2.24. The second-order valence-corrected chi connectivity index (χ2v) is 5.16. The number of rotatable bonds is 6. The van der Waals surface area contributed by atoms with Crippen LogP contribution in [0.5, 0.6) is 0 Å². The topological polar surface area (TPSA) is 95.1 Å². The van der Waals surface area contributed by atoms with Gasteiger partial charge in [-0.25, -0.2) is 4.79 Å². The molecule has 6 heteroatoms.